The Kier molecular flexibility index (Phi) is 5.89. The van der Waals surface area contributed by atoms with Gasteiger partial charge < -0.3 is 14.8 Å². The van der Waals surface area contributed by atoms with Gasteiger partial charge in [0.1, 0.15) is 11.5 Å². The highest BCUT2D eigenvalue weighted by Gasteiger charge is 2.00. The summed E-state index contributed by atoms with van der Waals surface area (Å²) in [6, 6.07) is 16.6. The summed E-state index contributed by atoms with van der Waals surface area (Å²) in [5, 5.41) is 2.68. The van der Waals surface area contributed by atoms with Crippen molar-refractivity contribution >= 4 is 5.91 Å². The SMILES string of the molecule is COc1ccc(C#CCNC(=O)COc2ccccc2)cc1. The molecule has 2 rings (SSSR count). The second kappa shape index (κ2) is 8.38. The van der Waals surface area contributed by atoms with E-state index in [2.05, 4.69) is 17.2 Å². The number of methoxy groups -OCH3 is 1. The van der Waals surface area contributed by atoms with E-state index in [9.17, 15) is 4.79 Å². The summed E-state index contributed by atoms with van der Waals surface area (Å²) in [6.07, 6.45) is 0. The Hall–Kier alpha value is -2.93. The second-order valence-corrected chi connectivity index (χ2v) is 4.41. The van der Waals surface area contributed by atoms with Crippen LogP contribution in [-0.2, 0) is 4.79 Å². The Morgan fingerprint density at radius 3 is 2.45 bits per heavy atom. The Bertz CT molecular complexity index is 654. The summed E-state index contributed by atoms with van der Waals surface area (Å²) in [6.45, 7) is 0.261. The van der Waals surface area contributed by atoms with E-state index in [1.165, 1.54) is 0 Å². The van der Waals surface area contributed by atoms with E-state index < -0.39 is 0 Å². The minimum atomic E-state index is -0.201. The van der Waals surface area contributed by atoms with Gasteiger partial charge >= 0.3 is 0 Å². The molecule has 0 aliphatic carbocycles. The zero-order valence-corrected chi connectivity index (χ0v) is 12.3. The van der Waals surface area contributed by atoms with E-state index in [4.69, 9.17) is 9.47 Å². The van der Waals surface area contributed by atoms with Crippen molar-refractivity contribution in [1.29, 1.82) is 0 Å². The summed E-state index contributed by atoms with van der Waals surface area (Å²) < 4.78 is 10.4. The monoisotopic (exact) mass is 295 g/mol. The van der Waals surface area contributed by atoms with Crippen LogP contribution >= 0.6 is 0 Å². The molecule has 0 radical (unpaired) electrons. The van der Waals surface area contributed by atoms with Crippen LogP contribution in [-0.4, -0.2) is 26.2 Å². The van der Waals surface area contributed by atoms with Crippen LogP contribution in [0.4, 0.5) is 0 Å². The molecule has 0 atom stereocenters. The molecule has 0 unspecified atom stereocenters. The van der Waals surface area contributed by atoms with Crippen LogP contribution in [0.25, 0.3) is 0 Å². The molecule has 0 saturated carbocycles. The predicted octanol–water partition coefficient (Wildman–Crippen LogP) is 2.24. The number of amides is 1. The largest absolute Gasteiger partial charge is 0.497 e. The zero-order chi connectivity index (χ0) is 15.6. The van der Waals surface area contributed by atoms with Crippen molar-refractivity contribution in [2.24, 2.45) is 0 Å². The van der Waals surface area contributed by atoms with Gasteiger partial charge in [-0.3, -0.25) is 4.79 Å². The van der Waals surface area contributed by atoms with Gasteiger partial charge in [-0.05, 0) is 36.4 Å². The third-order valence-electron chi connectivity index (χ3n) is 2.81. The number of carbonyl (C=O) groups excluding carboxylic acids is 1. The van der Waals surface area contributed by atoms with Gasteiger partial charge in [-0.2, -0.15) is 0 Å². The molecule has 1 amide bonds. The first kappa shape index (κ1) is 15.5. The molecule has 0 bridgehead atoms. The Morgan fingerprint density at radius 2 is 1.77 bits per heavy atom. The van der Waals surface area contributed by atoms with Crippen molar-refractivity contribution in [3.05, 3.63) is 60.2 Å². The molecular weight excluding hydrogens is 278 g/mol. The van der Waals surface area contributed by atoms with Gasteiger partial charge in [0.05, 0.1) is 13.7 Å². The first-order chi connectivity index (χ1) is 10.8. The van der Waals surface area contributed by atoms with Crippen molar-refractivity contribution in [3.63, 3.8) is 0 Å². The normalized spacial score (nSPS) is 9.32. The molecule has 1 N–H and O–H groups in total. The van der Waals surface area contributed by atoms with E-state index in [0.29, 0.717) is 5.75 Å². The number of hydrogen-bond acceptors (Lipinski definition) is 3. The van der Waals surface area contributed by atoms with Gasteiger partial charge in [-0.25, -0.2) is 0 Å². The Morgan fingerprint density at radius 1 is 1.05 bits per heavy atom. The number of carbonyl (C=O) groups is 1. The number of benzene rings is 2. The number of ether oxygens (including phenoxy) is 2. The van der Waals surface area contributed by atoms with E-state index in [-0.39, 0.29) is 19.1 Å². The van der Waals surface area contributed by atoms with Gasteiger partial charge in [0, 0.05) is 5.56 Å². The van der Waals surface area contributed by atoms with Gasteiger partial charge in [0.25, 0.3) is 5.91 Å². The van der Waals surface area contributed by atoms with Crippen molar-refractivity contribution in [2.75, 3.05) is 20.3 Å². The highest BCUT2D eigenvalue weighted by atomic mass is 16.5. The summed E-state index contributed by atoms with van der Waals surface area (Å²) in [5.74, 6) is 7.11. The maximum Gasteiger partial charge on any atom is 0.258 e. The number of rotatable bonds is 5. The van der Waals surface area contributed by atoms with Crippen LogP contribution in [0, 0.1) is 11.8 Å². The van der Waals surface area contributed by atoms with E-state index in [1.807, 2.05) is 42.5 Å². The topological polar surface area (TPSA) is 47.6 Å². The van der Waals surface area contributed by atoms with Crippen molar-refractivity contribution < 1.29 is 14.3 Å². The van der Waals surface area contributed by atoms with Crippen molar-refractivity contribution in [1.82, 2.24) is 5.32 Å². The maximum atomic E-state index is 11.6. The van der Waals surface area contributed by atoms with Gasteiger partial charge in [0.15, 0.2) is 6.61 Å². The lowest BCUT2D eigenvalue weighted by Crippen LogP contribution is -2.29. The highest BCUT2D eigenvalue weighted by molar-refractivity contribution is 5.77. The molecule has 0 heterocycles. The lowest BCUT2D eigenvalue weighted by atomic mass is 10.2. The fourth-order valence-electron chi connectivity index (χ4n) is 1.68. The lowest BCUT2D eigenvalue weighted by molar-refractivity contribution is -0.122. The average Bonchev–Trinajstić information content (AvgIpc) is 2.58. The average molecular weight is 295 g/mol. The third-order valence-corrected chi connectivity index (χ3v) is 2.81. The molecule has 0 aliphatic heterocycles. The first-order valence-corrected chi connectivity index (χ1v) is 6.85. The summed E-state index contributed by atoms with van der Waals surface area (Å²) >= 11 is 0. The smallest absolute Gasteiger partial charge is 0.258 e. The molecule has 2 aromatic rings. The van der Waals surface area contributed by atoms with Crippen LogP contribution in [0.1, 0.15) is 5.56 Å². The predicted molar refractivity (Wildman–Crippen MR) is 84.8 cm³/mol. The Labute approximate surface area is 130 Å². The maximum absolute atomic E-state index is 11.6. The minimum absolute atomic E-state index is 0.0196. The molecule has 4 heteroatoms. The second-order valence-electron chi connectivity index (χ2n) is 4.41. The van der Waals surface area contributed by atoms with Gasteiger partial charge in [0.2, 0.25) is 0 Å². The molecule has 0 spiro atoms. The third kappa shape index (κ3) is 5.22. The number of para-hydroxylation sites is 1. The highest BCUT2D eigenvalue weighted by Crippen LogP contribution is 2.10. The Balaban J connectivity index is 1.71. The van der Waals surface area contributed by atoms with Crippen LogP contribution in [0.3, 0.4) is 0 Å². The molecule has 2 aromatic carbocycles. The molecule has 0 aliphatic rings. The van der Waals surface area contributed by atoms with Gasteiger partial charge in [-0.1, -0.05) is 30.0 Å². The molecule has 0 aromatic heterocycles. The summed E-state index contributed by atoms with van der Waals surface area (Å²) in [7, 11) is 1.62. The van der Waals surface area contributed by atoms with E-state index in [1.54, 1.807) is 19.2 Å². The number of nitrogens with one attached hydrogen (secondary N) is 1. The van der Waals surface area contributed by atoms with Crippen LogP contribution in [0.15, 0.2) is 54.6 Å². The molecule has 0 saturated heterocycles. The van der Waals surface area contributed by atoms with Crippen molar-refractivity contribution in [2.45, 2.75) is 0 Å². The van der Waals surface area contributed by atoms with Crippen LogP contribution in [0.2, 0.25) is 0 Å². The van der Waals surface area contributed by atoms with Crippen molar-refractivity contribution in [3.8, 4) is 23.3 Å². The van der Waals surface area contributed by atoms with E-state index in [0.717, 1.165) is 11.3 Å². The standard InChI is InChI=1S/C18H17NO3/c1-21-16-11-9-15(10-12-16)6-5-13-19-18(20)14-22-17-7-3-2-4-8-17/h2-4,7-12H,13-14H2,1H3,(H,19,20). The summed E-state index contributed by atoms with van der Waals surface area (Å²) in [5.41, 5.74) is 0.871. The fourth-order valence-corrected chi connectivity index (χ4v) is 1.68. The van der Waals surface area contributed by atoms with Crippen LogP contribution in [0.5, 0.6) is 11.5 Å². The lowest BCUT2D eigenvalue weighted by Gasteiger charge is -2.04. The van der Waals surface area contributed by atoms with Gasteiger partial charge in [-0.15, -0.1) is 0 Å². The fraction of sp³-hybridized carbons (Fsp3) is 0.167. The molecule has 112 valence electrons. The summed E-state index contributed by atoms with van der Waals surface area (Å²) in [4.78, 5) is 11.6. The molecule has 4 nitrogen and oxygen atoms in total. The molecule has 0 fully saturated rings. The molecule has 22 heavy (non-hydrogen) atoms. The zero-order valence-electron chi connectivity index (χ0n) is 12.3. The quantitative estimate of drug-likeness (QED) is 0.861. The number of hydrogen-bond donors (Lipinski definition) is 1. The minimum Gasteiger partial charge on any atom is -0.497 e. The van der Waals surface area contributed by atoms with Crippen LogP contribution < -0.4 is 14.8 Å². The van der Waals surface area contributed by atoms with E-state index >= 15 is 0 Å². The molecular formula is C18H17NO3. The first-order valence-electron chi connectivity index (χ1n) is 6.85.